The largest absolute Gasteiger partial charge is 0.748 e. The molecule has 0 aromatic heterocycles. The minimum atomic E-state index is 0. The Balaban J connectivity index is 0.000000280. The van der Waals surface area contributed by atoms with Gasteiger partial charge in [0, 0.05) is 21.7 Å². The molecule has 0 atom stereocenters. The van der Waals surface area contributed by atoms with Crippen molar-refractivity contribution in [1.82, 2.24) is 0 Å². The molecule has 0 fully saturated rings. The van der Waals surface area contributed by atoms with E-state index in [2.05, 4.69) is 32.0 Å². The summed E-state index contributed by atoms with van der Waals surface area (Å²) in [6.07, 6.45) is 2.35. The molecule has 84 valence electrons. The Labute approximate surface area is 108 Å². The predicted octanol–water partition coefficient (Wildman–Crippen LogP) is 3.93. The van der Waals surface area contributed by atoms with E-state index in [4.69, 9.17) is 0 Å². The van der Waals surface area contributed by atoms with Crippen molar-refractivity contribution in [3.8, 4) is 0 Å². The van der Waals surface area contributed by atoms with Crippen molar-refractivity contribution in [1.29, 1.82) is 0 Å². The van der Waals surface area contributed by atoms with Crippen molar-refractivity contribution in [2.75, 3.05) is 0 Å². The van der Waals surface area contributed by atoms with Gasteiger partial charge in [-0.1, -0.05) is 26.7 Å². The van der Waals surface area contributed by atoms with Gasteiger partial charge < -0.3 is 30.3 Å². The standard InChI is InChI=1S/C9H13.C5H5.Ti/c1-3-8-6-5-7-9(8)4-2;1-2-4-5-3-1;/h5-7H,3-4H2,1-2H3;1-5H;/q-1;-5;. The predicted molar refractivity (Wildman–Crippen MR) is 62.8 cm³/mol. The first-order chi connectivity index (χ1) is 6.88. The summed E-state index contributed by atoms with van der Waals surface area (Å²) < 4.78 is 0. The Bertz CT molecular complexity index is 281. The summed E-state index contributed by atoms with van der Waals surface area (Å²) in [6, 6.07) is 16.6. The van der Waals surface area contributed by atoms with Crippen molar-refractivity contribution in [3.05, 3.63) is 59.7 Å². The van der Waals surface area contributed by atoms with Crippen LogP contribution < -0.4 is 0 Å². The summed E-state index contributed by atoms with van der Waals surface area (Å²) >= 11 is 0. The molecule has 0 aliphatic heterocycles. The average Bonchev–Trinajstić information content (AvgIpc) is 2.91. The van der Waals surface area contributed by atoms with E-state index in [1.54, 1.807) is 0 Å². The Morgan fingerprint density at radius 2 is 1.60 bits per heavy atom. The average molecular weight is 234 g/mol. The summed E-state index contributed by atoms with van der Waals surface area (Å²) in [5.74, 6) is 0. The summed E-state index contributed by atoms with van der Waals surface area (Å²) in [6.45, 7) is 4.41. The fraction of sp³-hybridized carbons (Fsp3) is 0.286. The van der Waals surface area contributed by atoms with Crippen LogP contribution in [0.4, 0.5) is 0 Å². The van der Waals surface area contributed by atoms with Gasteiger partial charge in [0.15, 0.2) is 0 Å². The number of hydrogen-bond acceptors (Lipinski definition) is 0. The molecule has 0 N–H and O–H groups in total. The minimum Gasteiger partial charge on any atom is -0.748 e. The fourth-order valence-corrected chi connectivity index (χ4v) is 1.51. The first-order valence-electron chi connectivity index (χ1n) is 5.28. The molecule has 2 aromatic carbocycles. The molecule has 2 aromatic rings. The third kappa shape index (κ3) is 5.15. The van der Waals surface area contributed by atoms with Gasteiger partial charge in [0.25, 0.3) is 0 Å². The number of rotatable bonds is 2. The second-order valence-corrected chi connectivity index (χ2v) is 3.25. The van der Waals surface area contributed by atoms with Gasteiger partial charge >= 0.3 is 0 Å². The zero-order valence-corrected chi connectivity index (χ0v) is 11.1. The molecule has 0 radical (unpaired) electrons. The minimum absolute atomic E-state index is 0. The number of aryl methyl sites for hydroxylation is 2. The van der Waals surface area contributed by atoms with Gasteiger partial charge in [-0.15, -0.1) is 0 Å². The second kappa shape index (κ2) is 8.70. The van der Waals surface area contributed by atoms with E-state index < -0.39 is 0 Å². The van der Waals surface area contributed by atoms with Crippen LogP contribution in [0.25, 0.3) is 0 Å². The molecule has 0 heterocycles. The van der Waals surface area contributed by atoms with Crippen LogP contribution in [0.5, 0.6) is 0 Å². The van der Waals surface area contributed by atoms with Crippen molar-refractivity contribution in [3.63, 3.8) is 0 Å². The summed E-state index contributed by atoms with van der Waals surface area (Å²) in [7, 11) is 0. The van der Waals surface area contributed by atoms with Crippen LogP contribution in [0.15, 0.2) is 48.5 Å². The van der Waals surface area contributed by atoms with Crippen LogP contribution in [0, 0.1) is 0 Å². The first kappa shape index (κ1) is 14.4. The topological polar surface area (TPSA) is 0 Å². The summed E-state index contributed by atoms with van der Waals surface area (Å²) in [5.41, 5.74) is 3.02. The van der Waals surface area contributed by atoms with E-state index in [0.717, 1.165) is 0 Å². The molecular weight excluding hydrogens is 216 g/mol. The van der Waals surface area contributed by atoms with Gasteiger partial charge in [0.2, 0.25) is 0 Å². The van der Waals surface area contributed by atoms with E-state index in [9.17, 15) is 0 Å². The molecule has 2 rings (SSSR count). The maximum absolute atomic E-state index is 2.21. The van der Waals surface area contributed by atoms with Gasteiger partial charge in [-0.2, -0.15) is 17.2 Å². The molecule has 0 saturated heterocycles. The van der Waals surface area contributed by atoms with E-state index in [1.165, 1.54) is 24.0 Å². The van der Waals surface area contributed by atoms with Crippen molar-refractivity contribution in [2.24, 2.45) is 0 Å². The molecule has 0 aliphatic rings. The summed E-state index contributed by atoms with van der Waals surface area (Å²) in [4.78, 5) is 0. The monoisotopic (exact) mass is 234 g/mol. The zero-order valence-electron chi connectivity index (χ0n) is 9.53. The fourth-order valence-electron chi connectivity index (χ4n) is 1.51. The smallest absolute Gasteiger partial charge is 0 e. The zero-order chi connectivity index (χ0) is 10.2. The van der Waals surface area contributed by atoms with Crippen LogP contribution >= 0.6 is 0 Å². The third-order valence-corrected chi connectivity index (χ3v) is 2.32. The van der Waals surface area contributed by atoms with E-state index in [0.29, 0.717) is 0 Å². The molecule has 15 heavy (non-hydrogen) atoms. The first-order valence-corrected chi connectivity index (χ1v) is 5.28. The maximum Gasteiger partial charge on any atom is 0 e. The van der Waals surface area contributed by atoms with Crippen LogP contribution in [0.1, 0.15) is 25.0 Å². The van der Waals surface area contributed by atoms with E-state index in [1.807, 2.05) is 30.3 Å². The van der Waals surface area contributed by atoms with Crippen LogP contribution in [-0.2, 0) is 34.6 Å². The molecule has 0 amide bonds. The SMILES string of the molecule is CCc1ccc[c-]1CC.[Ti].[cH-]1[cH-][cH-][cH-][cH-]1. The van der Waals surface area contributed by atoms with Gasteiger partial charge in [0.1, 0.15) is 0 Å². The van der Waals surface area contributed by atoms with Gasteiger partial charge in [0.05, 0.1) is 0 Å². The van der Waals surface area contributed by atoms with Crippen molar-refractivity contribution in [2.45, 2.75) is 26.7 Å². The Kier molecular flexibility index (Phi) is 8.36. The molecule has 0 spiro atoms. The molecule has 0 bridgehead atoms. The van der Waals surface area contributed by atoms with Gasteiger partial charge in [-0.05, 0) is 0 Å². The van der Waals surface area contributed by atoms with Crippen LogP contribution in [0.3, 0.4) is 0 Å². The van der Waals surface area contributed by atoms with Crippen LogP contribution in [0.2, 0.25) is 0 Å². The summed E-state index contributed by atoms with van der Waals surface area (Å²) in [5, 5.41) is 0. The molecular formula is C14H18Ti-6. The normalized spacial score (nSPS) is 8.67. The van der Waals surface area contributed by atoms with Crippen molar-refractivity contribution >= 4 is 0 Å². The number of hydrogen-bond donors (Lipinski definition) is 0. The van der Waals surface area contributed by atoms with Crippen molar-refractivity contribution < 1.29 is 21.7 Å². The molecule has 0 aliphatic carbocycles. The van der Waals surface area contributed by atoms with E-state index >= 15 is 0 Å². The molecule has 0 saturated carbocycles. The van der Waals surface area contributed by atoms with Gasteiger partial charge in [-0.25, -0.2) is 12.1 Å². The Morgan fingerprint density at radius 1 is 1.07 bits per heavy atom. The quantitative estimate of drug-likeness (QED) is 0.545. The Hall–Kier alpha value is -0.586. The molecule has 1 heteroatoms. The van der Waals surface area contributed by atoms with E-state index in [-0.39, 0.29) is 21.7 Å². The van der Waals surface area contributed by atoms with Gasteiger partial charge in [-0.3, -0.25) is 0 Å². The molecule has 0 unspecified atom stereocenters. The second-order valence-electron chi connectivity index (χ2n) is 3.25. The third-order valence-electron chi connectivity index (χ3n) is 2.32. The molecule has 0 nitrogen and oxygen atoms in total. The Morgan fingerprint density at radius 3 is 1.93 bits per heavy atom. The van der Waals surface area contributed by atoms with Crippen LogP contribution in [-0.4, -0.2) is 0 Å². The maximum atomic E-state index is 2.21.